The van der Waals surface area contributed by atoms with Gasteiger partial charge in [-0.1, -0.05) is 13.8 Å². The lowest BCUT2D eigenvalue weighted by Gasteiger charge is -2.27. The fourth-order valence-electron chi connectivity index (χ4n) is 2.62. The second kappa shape index (κ2) is 8.45. The van der Waals surface area contributed by atoms with Crippen molar-refractivity contribution in [1.29, 1.82) is 0 Å². The van der Waals surface area contributed by atoms with Crippen LogP contribution in [0, 0.1) is 5.92 Å². The third-order valence-corrected chi connectivity index (χ3v) is 5.28. The van der Waals surface area contributed by atoms with Gasteiger partial charge in [-0.3, -0.25) is 9.59 Å². The van der Waals surface area contributed by atoms with E-state index in [0.29, 0.717) is 19.5 Å². The Kier molecular flexibility index (Phi) is 6.59. The van der Waals surface area contributed by atoms with E-state index in [-0.39, 0.29) is 30.6 Å². The average Bonchev–Trinajstić information content (AvgIpc) is 2.99. The molecular weight excluding hydrogens is 312 g/mol. The molecule has 1 aliphatic rings. The van der Waals surface area contributed by atoms with Crippen LogP contribution in [-0.2, 0) is 22.6 Å². The first-order chi connectivity index (χ1) is 11.0. The Hall–Kier alpha value is -1.40. The third-order valence-electron chi connectivity index (χ3n) is 4.26. The number of nitrogens with one attached hydrogen (secondary N) is 1. The van der Waals surface area contributed by atoms with Gasteiger partial charge >= 0.3 is 0 Å². The van der Waals surface area contributed by atoms with Crippen LogP contribution in [0.4, 0.5) is 0 Å². The molecule has 1 aromatic rings. The first-order valence-corrected chi connectivity index (χ1v) is 9.13. The summed E-state index contributed by atoms with van der Waals surface area (Å²) in [5.41, 5.74) is 1.24. The minimum Gasteiger partial charge on any atom is -0.393 e. The number of hydrogen-bond acceptors (Lipinski definition) is 4. The highest BCUT2D eigenvalue weighted by atomic mass is 32.1. The topological polar surface area (TPSA) is 69.6 Å². The number of carbonyl (C=O) groups is 2. The van der Waals surface area contributed by atoms with Crippen LogP contribution >= 0.6 is 11.3 Å². The molecule has 2 amide bonds. The van der Waals surface area contributed by atoms with Gasteiger partial charge in [-0.15, -0.1) is 11.3 Å². The zero-order valence-electron chi connectivity index (χ0n) is 13.9. The van der Waals surface area contributed by atoms with Gasteiger partial charge in [0.1, 0.15) is 0 Å². The molecule has 2 N–H and O–H groups in total. The number of thiophene rings is 1. The predicted octanol–water partition coefficient (Wildman–Crippen LogP) is 1.94. The van der Waals surface area contributed by atoms with Crippen molar-refractivity contribution in [2.24, 2.45) is 5.92 Å². The highest BCUT2D eigenvalue weighted by Gasteiger charge is 2.21. The summed E-state index contributed by atoms with van der Waals surface area (Å²) in [5.74, 6) is 0.108. The maximum absolute atomic E-state index is 12.2. The summed E-state index contributed by atoms with van der Waals surface area (Å²) in [7, 11) is 0. The van der Waals surface area contributed by atoms with Crippen LogP contribution in [0.25, 0.3) is 0 Å². The van der Waals surface area contributed by atoms with E-state index in [9.17, 15) is 14.7 Å². The predicted molar refractivity (Wildman–Crippen MR) is 91.1 cm³/mol. The summed E-state index contributed by atoms with van der Waals surface area (Å²) in [5, 5.41) is 14.5. The van der Waals surface area contributed by atoms with Crippen LogP contribution in [-0.4, -0.2) is 41.0 Å². The van der Waals surface area contributed by atoms with Gasteiger partial charge in [0.25, 0.3) is 0 Å². The van der Waals surface area contributed by atoms with E-state index in [4.69, 9.17) is 0 Å². The van der Waals surface area contributed by atoms with E-state index in [2.05, 4.69) is 16.8 Å². The Morgan fingerprint density at radius 3 is 2.91 bits per heavy atom. The Labute approximate surface area is 141 Å². The van der Waals surface area contributed by atoms with Gasteiger partial charge in [0.2, 0.25) is 11.8 Å². The van der Waals surface area contributed by atoms with Crippen molar-refractivity contribution in [2.45, 2.75) is 52.2 Å². The van der Waals surface area contributed by atoms with Crippen LogP contribution in [0.3, 0.4) is 0 Å². The van der Waals surface area contributed by atoms with E-state index >= 15 is 0 Å². The van der Waals surface area contributed by atoms with E-state index in [1.807, 2.05) is 18.7 Å². The van der Waals surface area contributed by atoms with Gasteiger partial charge in [-0.25, -0.2) is 0 Å². The van der Waals surface area contributed by atoms with Crippen molar-refractivity contribution in [2.75, 3.05) is 13.1 Å². The highest BCUT2D eigenvalue weighted by Crippen LogP contribution is 2.24. The molecule has 0 spiro atoms. The molecule has 1 unspecified atom stereocenters. The monoisotopic (exact) mass is 338 g/mol. The number of hydrogen-bond donors (Lipinski definition) is 2. The summed E-state index contributed by atoms with van der Waals surface area (Å²) in [6.07, 6.45) is 1.52. The molecule has 128 valence electrons. The number of rotatable bonds is 7. The molecule has 1 atom stereocenters. The van der Waals surface area contributed by atoms with Crippen molar-refractivity contribution in [3.63, 3.8) is 0 Å². The van der Waals surface area contributed by atoms with Crippen LogP contribution in [0.2, 0.25) is 0 Å². The van der Waals surface area contributed by atoms with Crippen molar-refractivity contribution < 1.29 is 14.7 Å². The molecule has 1 aliphatic heterocycles. The molecule has 5 nitrogen and oxygen atoms in total. The van der Waals surface area contributed by atoms with E-state index < -0.39 is 6.10 Å². The Balaban J connectivity index is 1.65. The number of fused-ring (bicyclic) bond motifs is 1. The lowest BCUT2D eigenvalue weighted by molar-refractivity contribution is -0.134. The van der Waals surface area contributed by atoms with E-state index in [1.165, 1.54) is 10.4 Å². The summed E-state index contributed by atoms with van der Waals surface area (Å²) in [4.78, 5) is 27.2. The van der Waals surface area contributed by atoms with Gasteiger partial charge in [-0.2, -0.15) is 0 Å². The average molecular weight is 338 g/mol. The fourth-order valence-corrected chi connectivity index (χ4v) is 3.51. The zero-order valence-corrected chi connectivity index (χ0v) is 14.7. The number of aliphatic hydroxyl groups excluding tert-OH is 1. The van der Waals surface area contributed by atoms with Crippen molar-refractivity contribution in [1.82, 2.24) is 10.2 Å². The van der Waals surface area contributed by atoms with Gasteiger partial charge in [0.05, 0.1) is 6.10 Å². The number of amides is 2. The Morgan fingerprint density at radius 2 is 2.17 bits per heavy atom. The molecule has 6 heteroatoms. The minimum absolute atomic E-state index is 0.0409. The van der Waals surface area contributed by atoms with Crippen LogP contribution < -0.4 is 5.32 Å². The minimum atomic E-state index is -0.398. The normalized spacial score (nSPS) is 15.4. The molecule has 2 heterocycles. The molecule has 0 bridgehead atoms. The van der Waals surface area contributed by atoms with Gasteiger partial charge in [0, 0.05) is 37.4 Å². The lowest BCUT2D eigenvalue weighted by atomic mass is 10.0. The van der Waals surface area contributed by atoms with Crippen LogP contribution in [0.15, 0.2) is 11.4 Å². The SMILES string of the molecule is CC(C)C(O)CCNC(=O)CCC(=O)N1CCc2sccc2C1. The van der Waals surface area contributed by atoms with Crippen molar-refractivity contribution in [3.05, 3.63) is 21.9 Å². The highest BCUT2D eigenvalue weighted by molar-refractivity contribution is 7.10. The smallest absolute Gasteiger partial charge is 0.223 e. The molecule has 0 saturated carbocycles. The molecule has 2 rings (SSSR count). The van der Waals surface area contributed by atoms with Gasteiger partial charge in [-0.05, 0) is 35.8 Å². The molecule has 0 aliphatic carbocycles. The van der Waals surface area contributed by atoms with Gasteiger partial charge < -0.3 is 15.3 Å². The Bertz CT molecular complexity index is 542. The van der Waals surface area contributed by atoms with Crippen molar-refractivity contribution >= 4 is 23.2 Å². The van der Waals surface area contributed by atoms with Crippen LogP contribution in [0.1, 0.15) is 43.6 Å². The fraction of sp³-hybridized carbons (Fsp3) is 0.647. The summed E-state index contributed by atoms with van der Waals surface area (Å²) >= 11 is 1.75. The maximum Gasteiger partial charge on any atom is 0.223 e. The first-order valence-electron chi connectivity index (χ1n) is 8.25. The number of aliphatic hydroxyl groups is 1. The number of carbonyl (C=O) groups excluding carboxylic acids is 2. The second-order valence-electron chi connectivity index (χ2n) is 6.38. The molecule has 23 heavy (non-hydrogen) atoms. The molecule has 0 saturated heterocycles. The molecule has 0 fully saturated rings. The first kappa shape index (κ1) is 17.9. The molecular formula is C17H26N2O3S. The maximum atomic E-state index is 12.2. The zero-order chi connectivity index (χ0) is 16.8. The van der Waals surface area contributed by atoms with Crippen LogP contribution in [0.5, 0.6) is 0 Å². The van der Waals surface area contributed by atoms with E-state index in [0.717, 1.165) is 13.0 Å². The quantitative estimate of drug-likeness (QED) is 0.798. The molecule has 0 aromatic carbocycles. The largest absolute Gasteiger partial charge is 0.393 e. The van der Waals surface area contributed by atoms with E-state index in [1.54, 1.807) is 11.3 Å². The van der Waals surface area contributed by atoms with Gasteiger partial charge in [0.15, 0.2) is 0 Å². The summed E-state index contributed by atoms with van der Waals surface area (Å²) < 4.78 is 0. The third kappa shape index (κ3) is 5.32. The van der Waals surface area contributed by atoms with Crippen molar-refractivity contribution in [3.8, 4) is 0 Å². The second-order valence-corrected chi connectivity index (χ2v) is 7.38. The molecule has 1 aromatic heterocycles. The lowest BCUT2D eigenvalue weighted by Crippen LogP contribution is -2.36. The Morgan fingerprint density at radius 1 is 1.39 bits per heavy atom. The summed E-state index contributed by atoms with van der Waals surface area (Å²) in [6, 6.07) is 2.08. The summed E-state index contributed by atoms with van der Waals surface area (Å²) in [6.45, 7) is 5.76. The standard InChI is InChI=1S/C17H26N2O3S/c1-12(2)14(20)5-8-18-16(21)3-4-17(22)19-9-6-15-13(11-19)7-10-23-15/h7,10,12,14,20H,3-6,8-9,11H2,1-2H3,(H,18,21). The molecule has 0 radical (unpaired) electrons. The number of nitrogens with zero attached hydrogens (tertiary/aromatic N) is 1.